The van der Waals surface area contributed by atoms with Gasteiger partial charge < -0.3 is 15.6 Å². The van der Waals surface area contributed by atoms with Gasteiger partial charge in [-0.3, -0.25) is 0 Å². The summed E-state index contributed by atoms with van der Waals surface area (Å²) in [6, 6.07) is 1.30. The maximum absolute atomic E-state index is 9.36. The number of aliphatic hydroxyl groups excluding tert-OH is 1. The second kappa shape index (κ2) is 4.72. The quantitative estimate of drug-likeness (QED) is 0.858. The van der Waals surface area contributed by atoms with Crippen LogP contribution < -0.4 is 10.5 Å². The molecular weight excluding hydrogens is 248 g/mol. The molecule has 1 aromatic heterocycles. The molecule has 3 N–H and O–H groups in total. The van der Waals surface area contributed by atoms with E-state index in [2.05, 4.69) is 20.9 Å². The minimum atomic E-state index is -0.639. The normalized spacial score (nSPS) is 14.9. The number of methoxy groups -OCH3 is 1. The third-order valence-electron chi connectivity index (χ3n) is 1.92. The van der Waals surface area contributed by atoms with Gasteiger partial charge in [-0.15, -0.1) is 0 Å². The molecule has 0 fully saturated rings. The van der Waals surface area contributed by atoms with Crippen LogP contribution in [0.5, 0.6) is 5.88 Å². The lowest BCUT2D eigenvalue weighted by Crippen LogP contribution is -2.24. The molecule has 0 aliphatic heterocycles. The molecule has 0 saturated heterocycles. The topological polar surface area (TPSA) is 68.4 Å². The summed E-state index contributed by atoms with van der Waals surface area (Å²) < 4.78 is 5.86. The highest BCUT2D eigenvalue weighted by Gasteiger charge is 2.17. The van der Waals surface area contributed by atoms with Crippen LogP contribution in [0.1, 0.15) is 18.5 Å². The minimum Gasteiger partial charge on any atom is -0.481 e. The fourth-order valence-electron chi connectivity index (χ4n) is 1.11. The van der Waals surface area contributed by atoms with Crippen molar-refractivity contribution in [1.82, 2.24) is 4.98 Å². The number of nitrogens with zero attached hydrogens (tertiary/aromatic N) is 1. The lowest BCUT2D eigenvalue weighted by atomic mass is 10.1. The summed E-state index contributed by atoms with van der Waals surface area (Å²) in [5, 5.41) is 9.36. The summed E-state index contributed by atoms with van der Waals surface area (Å²) in [4.78, 5) is 4.04. The van der Waals surface area contributed by atoms with E-state index in [0.29, 0.717) is 11.4 Å². The van der Waals surface area contributed by atoms with Crippen LogP contribution in [-0.4, -0.2) is 23.3 Å². The molecule has 2 atom stereocenters. The van der Waals surface area contributed by atoms with Gasteiger partial charge in [0.15, 0.2) is 0 Å². The van der Waals surface area contributed by atoms with Crippen molar-refractivity contribution in [3.63, 3.8) is 0 Å². The first-order valence-corrected chi connectivity index (χ1v) is 4.98. The Morgan fingerprint density at radius 2 is 2.29 bits per heavy atom. The molecular formula is C9H13BrN2O2. The molecule has 0 saturated carbocycles. The van der Waals surface area contributed by atoms with Crippen LogP contribution in [0.3, 0.4) is 0 Å². The first-order valence-electron chi connectivity index (χ1n) is 4.19. The number of nitrogens with two attached hydrogens (primary N) is 1. The Bertz CT molecular complexity index is 318. The number of rotatable bonds is 3. The molecule has 78 valence electrons. The molecule has 0 aliphatic rings. The van der Waals surface area contributed by atoms with Crippen LogP contribution in [0.2, 0.25) is 0 Å². The molecule has 4 nitrogen and oxygen atoms in total. The van der Waals surface area contributed by atoms with Crippen LogP contribution >= 0.6 is 15.9 Å². The third kappa shape index (κ3) is 2.43. The third-order valence-corrected chi connectivity index (χ3v) is 2.35. The first kappa shape index (κ1) is 11.4. The van der Waals surface area contributed by atoms with Gasteiger partial charge in [-0.2, -0.15) is 0 Å². The summed E-state index contributed by atoms with van der Waals surface area (Å²) in [5.74, 6) is 0.446. The summed E-state index contributed by atoms with van der Waals surface area (Å²) >= 11 is 3.29. The van der Waals surface area contributed by atoms with Crippen LogP contribution in [0.15, 0.2) is 16.7 Å². The maximum Gasteiger partial charge on any atom is 0.217 e. The summed E-state index contributed by atoms with van der Waals surface area (Å²) in [6.07, 6.45) is 0.983. The van der Waals surface area contributed by atoms with Crippen molar-refractivity contribution in [2.45, 2.75) is 19.1 Å². The van der Waals surface area contributed by atoms with E-state index in [1.807, 2.05) is 0 Å². The van der Waals surface area contributed by atoms with Crippen molar-refractivity contribution >= 4 is 15.9 Å². The second-order valence-corrected chi connectivity index (χ2v) is 3.93. The fourth-order valence-corrected chi connectivity index (χ4v) is 1.46. The van der Waals surface area contributed by atoms with Crippen LogP contribution in [0.25, 0.3) is 0 Å². The fraction of sp³-hybridized carbons (Fsp3) is 0.444. The molecule has 1 heterocycles. The van der Waals surface area contributed by atoms with E-state index in [4.69, 9.17) is 10.5 Å². The lowest BCUT2D eigenvalue weighted by molar-refractivity contribution is 0.162. The number of hydrogen-bond donors (Lipinski definition) is 2. The molecule has 0 amide bonds. The molecule has 5 heteroatoms. The Kier molecular flexibility index (Phi) is 3.86. The highest BCUT2D eigenvalue weighted by atomic mass is 79.9. The summed E-state index contributed by atoms with van der Waals surface area (Å²) in [6.45, 7) is 1.63. The van der Waals surface area contributed by atoms with Gasteiger partial charge in [0.1, 0.15) is 0 Å². The van der Waals surface area contributed by atoms with E-state index in [1.165, 1.54) is 7.11 Å². The van der Waals surface area contributed by atoms with Gasteiger partial charge in [-0.05, 0) is 28.9 Å². The Morgan fingerprint density at radius 1 is 1.64 bits per heavy atom. The Balaban J connectivity index is 3.10. The number of aromatic nitrogens is 1. The molecule has 1 aromatic rings. The van der Waals surface area contributed by atoms with Crippen molar-refractivity contribution in [1.29, 1.82) is 0 Å². The number of hydrogen-bond acceptors (Lipinski definition) is 4. The van der Waals surface area contributed by atoms with Crippen molar-refractivity contribution in [2.75, 3.05) is 7.11 Å². The van der Waals surface area contributed by atoms with Crippen molar-refractivity contribution < 1.29 is 9.84 Å². The molecule has 0 bridgehead atoms. The number of aliphatic hydroxyl groups is 1. The Hall–Kier alpha value is -0.650. The molecule has 2 unspecified atom stereocenters. The van der Waals surface area contributed by atoms with Gasteiger partial charge in [0.05, 0.1) is 19.3 Å². The Morgan fingerprint density at radius 3 is 2.79 bits per heavy atom. The predicted octanol–water partition coefficient (Wildman–Crippen LogP) is 1.23. The molecule has 14 heavy (non-hydrogen) atoms. The molecule has 1 rings (SSSR count). The zero-order chi connectivity index (χ0) is 10.7. The largest absolute Gasteiger partial charge is 0.481 e. The van der Waals surface area contributed by atoms with Gasteiger partial charge in [0, 0.05) is 16.2 Å². The smallest absolute Gasteiger partial charge is 0.217 e. The average Bonchev–Trinajstić information content (AvgIpc) is 2.16. The van der Waals surface area contributed by atoms with Gasteiger partial charge in [-0.1, -0.05) is 0 Å². The Labute approximate surface area is 91.2 Å². The predicted molar refractivity (Wildman–Crippen MR) is 57.1 cm³/mol. The monoisotopic (exact) mass is 260 g/mol. The number of pyridine rings is 1. The van der Waals surface area contributed by atoms with E-state index in [0.717, 1.165) is 4.47 Å². The van der Waals surface area contributed by atoms with E-state index < -0.39 is 12.1 Å². The average molecular weight is 261 g/mol. The minimum absolute atomic E-state index is 0.446. The lowest BCUT2D eigenvalue weighted by Gasteiger charge is -2.17. The highest BCUT2D eigenvalue weighted by Crippen LogP contribution is 2.26. The van der Waals surface area contributed by atoms with Crippen molar-refractivity contribution in [3.05, 3.63) is 22.3 Å². The summed E-state index contributed by atoms with van der Waals surface area (Å²) in [7, 11) is 1.52. The molecule has 0 spiro atoms. The summed E-state index contributed by atoms with van der Waals surface area (Å²) in [5.41, 5.74) is 6.48. The van der Waals surface area contributed by atoms with Crippen LogP contribution in [0, 0.1) is 0 Å². The molecule has 0 radical (unpaired) electrons. The zero-order valence-electron chi connectivity index (χ0n) is 8.07. The van der Waals surface area contributed by atoms with E-state index in [-0.39, 0.29) is 0 Å². The van der Waals surface area contributed by atoms with E-state index >= 15 is 0 Å². The second-order valence-electron chi connectivity index (χ2n) is 3.02. The van der Waals surface area contributed by atoms with Gasteiger partial charge >= 0.3 is 0 Å². The van der Waals surface area contributed by atoms with Gasteiger partial charge in [-0.25, -0.2) is 4.98 Å². The first-order chi connectivity index (χ1) is 6.56. The van der Waals surface area contributed by atoms with Crippen molar-refractivity contribution in [2.24, 2.45) is 5.73 Å². The van der Waals surface area contributed by atoms with Crippen LogP contribution in [-0.2, 0) is 0 Å². The highest BCUT2D eigenvalue weighted by molar-refractivity contribution is 9.10. The van der Waals surface area contributed by atoms with Crippen molar-refractivity contribution in [3.8, 4) is 5.88 Å². The molecule has 0 aliphatic carbocycles. The molecule has 0 aromatic carbocycles. The number of ether oxygens (including phenoxy) is 1. The van der Waals surface area contributed by atoms with Gasteiger partial charge in [0.2, 0.25) is 5.88 Å². The zero-order valence-corrected chi connectivity index (χ0v) is 9.65. The SMILES string of the molecule is COc1ncc(Br)cc1C(N)C(C)O. The maximum atomic E-state index is 9.36. The van der Waals surface area contributed by atoms with E-state index in [9.17, 15) is 5.11 Å². The van der Waals surface area contributed by atoms with Crippen LogP contribution in [0.4, 0.5) is 0 Å². The number of halogens is 1. The van der Waals surface area contributed by atoms with Gasteiger partial charge in [0.25, 0.3) is 0 Å². The van der Waals surface area contributed by atoms with E-state index in [1.54, 1.807) is 19.2 Å². The standard InChI is InChI=1S/C9H13BrN2O2/c1-5(13)8(11)7-3-6(10)4-12-9(7)14-2/h3-5,8,13H,11H2,1-2H3.